The quantitative estimate of drug-likeness (QED) is 0.798. The maximum atomic E-state index is 5.18. The van der Waals surface area contributed by atoms with Crippen LogP contribution in [-0.4, -0.2) is 43.3 Å². The minimum Gasteiger partial charge on any atom is -0.383 e. The first kappa shape index (κ1) is 13.1. The van der Waals surface area contributed by atoms with Crippen molar-refractivity contribution in [1.82, 2.24) is 9.97 Å². The molecule has 0 saturated heterocycles. The zero-order valence-electron chi connectivity index (χ0n) is 11.4. The minimum atomic E-state index is 0.629. The van der Waals surface area contributed by atoms with Gasteiger partial charge in [-0.3, -0.25) is 0 Å². The van der Waals surface area contributed by atoms with Crippen molar-refractivity contribution in [2.45, 2.75) is 32.2 Å². The molecule has 1 saturated carbocycles. The Morgan fingerprint density at radius 2 is 2.22 bits per heavy atom. The molecule has 1 aromatic rings. The average molecular weight is 250 g/mol. The summed E-state index contributed by atoms with van der Waals surface area (Å²) in [6.45, 7) is 3.70. The van der Waals surface area contributed by atoms with E-state index in [1.807, 2.05) is 13.1 Å². The van der Waals surface area contributed by atoms with E-state index in [1.54, 1.807) is 7.11 Å². The first-order valence-electron chi connectivity index (χ1n) is 6.59. The normalized spacial score (nSPS) is 14.6. The Kier molecular flexibility index (Phi) is 4.36. The predicted octanol–water partition coefficient (Wildman–Crippen LogP) is 1.70. The van der Waals surface area contributed by atoms with Gasteiger partial charge in [0, 0.05) is 39.2 Å². The fraction of sp³-hybridized carbons (Fsp3) is 0.692. The Morgan fingerprint density at radius 1 is 1.44 bits per heavy atom. The number of nitrogens with one attached hydrogen (secondary N) is 1. The van der Waals surface area contributed by atoms with Crippen molar-refractivity contribution < 1.29 is 4.74 Å². The van der Waals surface area contributed by atoms with E-state index in [9.17, 15) is 0 Å². The van der Waals surface area contributed by atoms with Gasteiger partial charge >= 0.3 is 0 Å². The molecule has 1 aromatic heterocycles. The van der Waals surface area contributed by atoms with E-state index >= 15 is 0 Å². The van der Waals surface area contributed by atoms with Crippen LogP contribution in [-0.2, 0) is 11.2 Å². The van der Waals surface area contributed by atoms with E-state index in [0.717, 1.165) is 37.0 Å². The van der Waals surface area contributed by atoms with Crippen LogP contribution in [0.5, 0.6) is 0 Å². The van der Waals surface area contributed by atoms with Crippen molar-refractivity contribution in [3.8, 4) is 0 Å². The Balaban J connectivity index is 2.22. The number of ether oxygens (including phenoxy) is 1. The van der Waals surface area contributed by atoms with Gasteiger partial charge in [0.1, 0.15) is 17.5 Å². The number of anilines is 2. The Morgan fingerprint density at radius 3 is 2.78 bits per heavy atom. The lowest BCUT2D eigenvalue weighted by atomic mass is 10.3. The van der Waals surface area contributed by atoms with Crippen LogP contribution in [0.1, 0.15) is 25.6 Å². The summed E-state index contributed by atoms with van der Waals surface area (Å²) in [5, 5.41) is 3.10. The predicted molar refractivity (Wildman–Crippen MR) is 73.2 cm³/mol. The molecule has 0 amide bonds. The summed E-state index contributed by atoms with van der Waals surface area (Å²) < 4.78 is 5.18. The summed E-state index contributed by atoms with van der Waals surface area (Å²) in [6, 6.07) is 2.65. The van der Waals surface area contributed by atoms with Gasteiger partial charge in [0.15, 0.2) is 0 Å². The smallest absolute Gasteiger partial charge is 0.134 e. The van der Waals surface area contributed by atoms with E-state index in [-0.39, 0.29) is 0 Å². The molecule has 5 nitrogen and oxygen atoms in total. The molecular formula is C13H22N4O. The minimum absolute atomic E-state index is 0.629. The molecule has 0 radical (unpaired) electrons. The monoisotopic (exact) mass is 250 g/mol. The van der Waals surface area contributed by atoms with E-state index in [0.29, 0.717) is 6.04 Å². The number of nitrogens with zero attached hydrogens (tertiary/aromatic N) is 3. The number of aryl methyl sites for hydroxylation is 1. The van der Waals surface area contributed by atoms with E-state index in [2.05, 4.69) is 27.1 Å². The van der Waals surface area contributed by atoms with Crippen LogP contribution in [0.4, 0.5) is 11.6 Å². The number of hydrogen-bond donors (Lipinski definition) is 1. The van der Waals surface area contributed by atoms with Crippen molar-refractivity contribution in [1.29, 1.82) is 0 Å². The van der Waals surface area contributed by atoms with Crippen LogP contribution >= 0.6 is 0 Å². The first-order valence-corrected chi connectivity index (χ1v) is 6.59. The fourth-order valence-corrected chi connectivity index (χ4v) is 1.98. The number of aromatic nitrogens is 2. The second-order valence-electron chi connectivity index (χ2n) is 4.55. The van der Waals surface area contributed by atoms with Gasteiger partial charge < -0.3 is 15.0 Å². The highest BCUT2D eigenvalue weighted by Gasteiger charge is 2.30. The summed E-state index contributed by atoms with van der Waals surface area (Å²) >= 11 is 0. The molecule has 0 atom stereocenters. The number of rotatable bonds is 7. The summed E-state index contributed by atoms with van der Waals surface area (Å²) in [5.74, 6) is 2.80. The van der Waals surface area contributed by atoms with Crippen molar-refractivity contribution >= 4 is 11.6 Å². The van der Waals surface area contributed by atoms with Crippen LogP contribution in [0.3, 0.4) is 0 Å². The molecule has 0 aromatic carbocycles. The summed E-state index contributed by atoms with van der Waals surface area (Å²) in [7, 11) is 3.63. The van der Waals surface area contributed by atoms with Crippen LogP contribution in [0, 0.1) is 0 Å². The van der Waals surface area contributed by atoms with E-state index < -0.39 is 0 Å². The van der Waals surface area contributed by atoms with Crippen LogP contribution in [0.25, 0.3) is 0 Å². The molecule has 1 heterocycles. The lowest BCUT2D eigenvalue weighted by Gasteiger charge is -2.24. The molecular weight excluding hydrogens is 228 g/mol. The second-order valence-corrected chi connectivity index (χ2v) is 4.55. The maximum Gasteiger partial charge on any atom is 0.134 e. The Labute approximate surface area is 109 Å². The number of hydrogen-bond acceptors (Lipinski definition) is 5. The highest BCUT2D eigenvalue weighted by Crippen LogP contribution is 2.31. The third-order valence-corrected chi connectivity index (χ3v) is 3.15. The largest absolute Gasteiger partial charge is 0.383 e. The Bertz CT molecular complexity index is 370. The Hall–Kier alpha value is -1.36. The van der Waals surface area contributed by atoms with Crippen LogP contribution in [0.2, 0.25) is 0 Å². The van der Waals surface area contributed by atoms with Gasteiger partial charge in [-0.15, -0.1) is 0 Å². The highest BCUT2D eigenvalue weighted by molar-refractivity contribution is 5.50. The molecule has 1 fully saturated rings. The standard InChI is InChI=1S/C13H22N4O/c1-4-11-15-12(14-2)9-13(16-11)17(7-8-18-3)10-5-6-10/h9-10H,4-8H2,1-3H3,(H,14,15,16). The van der Waals surface area contributed by atoms with Gasteiger partial charge in [-0.25, -0.2) is 9.97 Å². The highest BCUT2D eigenvalue weighted by atomic mass is 16.5. The van der Waals surface area contributed by atoms with Crippen molar-refractivity contribution in [3.63, 3.8) is 0 Å². The SMILES string of the molecule is CCc1nc(NC)cc(N(CCOC)C2CC2)n1. The third-order valence-electron chi connectivity index (χ3n) is 3.15. The zero-order chi connectivity index (χ0) is 13.0. The topological polar surface area (TPSA) is 50.3 Å². The van der Waals surface area contributed by atoms with Gasteiger partial charge in [-0.1, -0.05) is 6.92 Å². The van der Waals surface area contributed by atoms with Crippen molar-refractivity contribution in [2.24, 2.45) is 0 Å². The summed E-state index contributed by atoms with van der Waals surface area (Å²) in [6.07, 6.45) is 3.36. The van der Waals surface area contributed by atoms with Gasteiger partial charge in [0.2, 0.25) is 0 Å². The van der Waals surface area contributed by atoms with Crippen molar-refractivity contribution in [2.75, 3.05) is 37.5 Å². The molecule has 1 N–H and O–H groups in total. The third kappa shape index (κ3) is 3.10. The molecule has 0 spiro atoms. The molecule has 1 aliphatic rings. The molecule has 2 rings (SSSR count). The van der Waals surface area contributed by atoms with Crippen LogP contribution < -0.4 is 10.2 Å². The van der Waals surface area contributed by atoms with E-state index in [1.165, 1.54) is 12.8 Å². The fourth-order valence-electron chi connectivity index (χ4n) is 1.98. The molecule has 100 valence electrons. The molecule has 0 aliphatic heterocycles. The van der Waals surface area contributed by atoms with Crippen LogP contribution in [0.15, 0.2) is 6.07 Å². The molecule has 0 bridgehead atoms. The average Bonchev–Trinajstić information content (AvgIpc) is 3.23. The van der Waals surface area contributed by atoms with Crippen molar-refractivity contribution in [3.05, 3.63) is 11.9 Å². The molecule has 18 heavy (non-hydrogen) atoms. The number of methoxy groups -OCH3 is 1. The van der Waals surface area contributed by atoms with Gasteiger partial charge in [-0.2, -0.15) is 0 Å². The first-order chi connectivity index (χ1) is 8.78. The lowest BCUT2D eigenvalue weighted by molar-refractivity contribution is 0.204. The lowest BCUT2D eigenvalue weighted by Crippen LogP contribution is -2.30. The molecule has 5 heteroatoms. The summed E-state index contributed by atoms with van der Waals surface area (Å²) in [4.78, 5) is 11.4. The molecule has 1 aliphatic carbocycles. The summed E-state index contributed by atoms with van der Waals surface area (Å²) in [5.41, 5.74) is 0. The maximum absolute atomic E-state index is 5.18. The van der Waals surface area contributed by atoms with E-state index in [4.69, 9.17) is 4.74 Å². The zero-order valence-corrected chi connectivity index (χ0v) is 11.4. The molecule has 0 unspecified atom stereocenters. The van der Waals surface area contributed by atoms with Gasteiger partial charge in [0.05, 0.1) is 6.61 Å². The second kappa shape index (κ2) is 6.00. The van der Waals surface area contributed by atoms with Gasteiger partial charge in [-0.05, 0) is 12.8 Å². The van der Waals surface area contributed by atoms with Gasteiger partial charge in [0.25, 0.3) is 0 Å².